The summed E-state index contributed by atoms with van der Waals surface area (Å²) >= 11 is 0. The summed E-state index contributed by atoms with van der Waals surface area (Å²) < 4.78 is 1.68. The Labute approximate surface area is 109 Å². The van der Waals surface area contributed by atoms with Crippen molar-refractivity contribution in [2.75, 3.05) is 6.54 Å². The van der Waals surface area contributed by atoms with Crippen molar-refractivity contribution in [2.45, 2.75) is 6.54 Å². The monoisotopic (exact) mass is 255 g/mol. The lowest BCUT2D eigenvalue weighted by Crippen LogP contribution is -2.27. The Morgan fingerprint density at radius 3 is 3.16 bits per heavy atom. The van der Waals surface area contributed by atoms with Crippen molar-refractivity contribution >= 4 is 16.8 Å². The molecule has 0 saturated heterocycles. The highest BCUT2D eigenvalue weighted by atomic mass is 16.1. The molecule has 0 aliphatic heterocycles. The third-order valence-corrected chi connectivity index (χ3v) is 2.94. The number of carbonyl (C=O) groups excluding carboxylic acids is 1. The van der Waals surface area contributed by atoms with Crippen molar-refractivity contribution < 1.29 is 4.79 Å². The molecule has 2 heterocycles. The molecule has 2 N–H and O–H groups in total. The molecule has 0 aliphatic rings. The van der Waals surface area contributed by atoms with Crippen molar-refractivity contribution in [2.24, 2.45) is 0 Å². The van der Waals surface area contributed by atoms with Gasteiger partial charge in [0.05, 0.1) is 12.7 Å². The van der Waals surface area contributed by atoms with Crippen LogP contribution in [0.15, 0.2) is 42.9 Å². The van der Waals surface area contributed by atoms with Crippen molar-refractivity contribution in [3.8, 4) is 0 Å². The zero-order valence-corrected chi connectivity index (χ0v) is 10.2. The summed E-state index contributed by atoms with van der Waals surface area (Å²) in [5.74, 6) is -0.0784. The van der Waals surface area contributed by atoms with E-state index in [2.05, 4.69) is 20.6 Å². The van der Waals surface area contributed by atoms with Gasteiger partial charge in [0, 0.05) is 35.4 Å². The van der Waals surface area contributed by atoms with E-state index in [9.17, 15) is 4.79 Å². The van der Waals surface area contributed by atoms with Crippen LogP contribution in [-0.4, -0.2) is 32.4 Å². The number of fused-ring (bicyclic) bond motifs is 1. The van der Waals surface area contributed by atoms with E-state index in [0.29, 0.717) is 18.7 Å². The fourth-order valence-corrected chi connectivity index (χ4v) is 2.01. The van der Waals surface area contributed by atoms with Crippen LogP contribution >= 0.6 is 0 Å². The number of carbonyl (C=O) groups is 1. The highest BCUT2D eigenvalue weighted by Gasteiger charge is 2.09. The van der Waals surface area contributed by atoms with Gasteiger partial charge in [-0.3, -0.25) is 9.48 Å². The van der Waals surface area contributed by atoms with Crippen molar-refractivity contribution in [3.05, 3.63) is 48.4 Å². The molecule has 0 bridgehead atoms. The molecule has 6 nitrogen and oxygen atoms in total. The SMILES string of the molecule is O=C(NCCn1ccnn1)c1cccc2[nH]ccc12. The molecule has 3 aromatic rings. The number of nitrogens with zero attached hydrogens (tertiary/aromatic N) is 3. The topological polar surface area (TPSA) is 75.6 Å². The summed E-state index contributed by atoms with van der Waals surface area (Å²) in [7, 11) is 0. The molecule has 2 aromatic heterocycles. The molecular weight excluding hydrogens is 242 g/mol. The molecular formula is C13H13N5O. The number of hydrogen-bond donors (Lipinski definition) is 2. The predicted octanol–water partition coefficient (Wildman–Crippen LogP) is 1.19. The molecule has 0 aliphatic carbocycles. The van der Waals surface area contributed by atoms with E-state index in [1.807, 2.05) is 30.5 Å². The van der Waals surface area contributed by atoms with E-state index in [4.69, 9.17) is 0 Å². The van der Waals surface area contributed by atoms with Crippen LogP contribution in [0.1, 0.15) is 10.4 Å². The number of rotatable bonds is 4. The lowest BCUT2D eigenvalue weighted by atomic mass is 10.1. The van der Waals surface area contributed by atoms with E-state index in [0.717, 1.165) is 10.9 Å². The normalized spacial score (nSPS) is 10.7. The van der Waals surface area contributed by atoms with Gasteiger partial charge in [-0.05, 0) is 18.2 Å². The maximum atomic E-state index is 12.1. The van der Waals surface area contributed by atoms with Gasteiger partial charge in [0.25, 0.3) is 5.91 Å². The highest BCUT2D eigenvalue weighted by Crippen LogP contribution is 2.16. The maximum Gasteiger partial charge on any atom is 0.252 e. The second kappa shape index (κ2) is 4.93. The van der Waals surface area contributed by atoms with Gasteiger partial charge < -0.3 is 10.3 Å². The summed E-state index contributed by atoms with van der Waals surface area (Å²) in [6.07, 6.45) is 5.21. The molecule has 1 aromatic carbocycles. The molecule has 6 heteroatoms. The molecule has 1 amide bonds. The number of nitrogens with one attached hydrogen (secondary N) is 2. The van der Waals surface area contributed by atoms with Crippen LogP contribution in [-0.2, 0) is 6.54 Å². The molecule has 19 heavy (non-hydrogen) atoms. The molecule has 0 atom stereocenters. The number of amides is 1. The molecule has 0 saturated carbocycles. The molecule has 0 spiro atoms. The average molecular weight is 255 g/mol. The Bertz CT molecular complexity index is 686. The fourth-order valence-electron chi connectivity index (χ4n) is 2.01. The Morgan fingerprint density at radius 1 is 1.37 bits per heavy atom. The zero-order valence-electron chi connectivity index (χ0n) is 10.2. The van der Waals surface area contributed by atoms with Crippen molar-refractivity contribution in [3.63, 3.8) is 0 Å². The molecule has 96 valence electrons. The number of hydrogen-bond acceptors (Lipinski definition) is 3. The average Bonchev–Trinajstić information content (AvgIpc) is 3.08. The van der Waals surface area contributed by atoms with E-state index in [-0.39, 0.29) is 5.91 Å². The smallest absolute Gasteiger partial charge is 0.252 e. The van der Waals surface area contributed by atoms with Gasteiger partial charge in [-0.2, -0.15) is 0 Å². The first-order valence-electron chi connectivity index (χ1n) is 6.03. The van der Waals surface area contributed by atoms with Gasteiger partial charge >= 0.3 is 0 Å². The number of benzene rings is 1. The quantitative estimate of drug-likeness (QED) is 0.735. The lowest BCUT2D eigenvalue weighted by molar-refractivity contribution is 0.0953. The van der Waals surface area contributed by atoms with Gasteiger partial charge in [-0.15, -0.1) is 5.10 Å². The summed E-state index contributed by atoms with van der Waals surface area (Å²) in [4.78, 5) is 15.2. The second-order valence-corrected chi connectivity index (χ2v) is 4.17. The maximum absolute atomic E-state index is 12.1. The first-order valence-corrected chi connectivity index (χ1v) is 6.03. The Morgan fingerprint density at radius 2 is 2.32 bits per heavy atom. The van der Waals surface area contributed by atoms with Crippen molar-refractivity contribution in [1.29, 1.82) is 0 Å². The third-order valence-electron chi connectivity index (χ3n) is 2.94. The summed E-state index contributed by atoms with van der Waals surface area (Å²) in [5.41, 5.74) is 1.64. The van der Waals surface area contributed by atoms with Gasteiger partial charge in [0.1, 0.15) is 0 Å². The van der Waals surface area contributed by atoms with Gasteiger partial charge in [0.15, 0.2) is 0 Å². The molecule has 0 radical (unpaired) electrons. The molecule has 3 rings (SSSR count). The second-order valence-electron chi connectivity index (χ2n) is 4.17. The number of aromatic nitrogens is 4. The Hall–Kier alpha value is -2.63. The summed E-state index contributed by atoms with van der Waals surface area (Å²) in [6.45, 7) is 1.12. The van der Waals surface area contributed by atoms with Gasteiger partial charge in [-0.1, -0.05) is 11.3 Å². The highest BCUT2D eigenvalue weighted by molar-refractivity contribution is 6.06. The summed E-state index contributed by atoms with van der Waals surface area (Å²) in [5, 5.41) is 11.4. The van der Waals surface area contributed by atoms with Crippen LogP contribution in [0.5, 0.6) is 0 Å². The Kier molecular flexibility index (Phi) is 2.97. The van der Waals surface area contributed by atoms with Crippen LogP contribution in [0.25, 0.3) is 10.9 Å². The predicted molar refractivity (Wildman–Crippen MR) is 70.7 cm³/mol. The third kappa shape index (κ3) is 2.33. The van der Waals surface area contributed by atoms with Crippen molar-refractivity contribution in [1.82, 2.24) is 25.3 Å². The van der Waals surface area contributed by atoms with E-state index in [1.54, 1.807) is 17.1 Å². The minimum absolute atomic E-state index is 0.0784. The lowest BCUT2D eigenvalue weighted by Gasteiger charge is -2.06. The minimum atomic E-state index is -0.0784. The number of H-pyrrole nitrogens is 1. The van der Waals surface area contributed by atoms with Gasteiger partial charge in [0.2, 0.25) is 0 Å². The fraction of sp³-hybridized carbons (Fsp3) is 0.154. The van der Waals surface area contributed by atoms with Crippen LogP contribution in [0.2, 0.25) is 0 Å². The van der Waals surface area contributed by atoms with E-state index >= 15 is 0 Å². The first kappa shape index (κ1) is 11.5. The zero-order chi connectivity index (χ0) is 13.1. The van der Waals surface area contributed by atoms with Crippen LogP contribution in [0.3, 0.4) is 0 Å². The first-order chi connectivity index (χ1) is 9.34. The van der Waals surface area contributed by atoms with Gasteiger partial charge in [-0.25, -0.2) is 0 Å². The molecule has 0 unspecified atom stereocenters. The molecule has 0 fully saturated rings. The largest absolute Gasteiger partial charge is 0.361 e. The summed E-state index contributed by atoms with van der Waals surface area (Å²) in [6, 6.07) is 7.54. The Balaban J connectivity index is 1.68. The van der Waals surface area contributed by atoms with Crippen LogP contribution < -0.4 is 5.32 Å². The standard InChI is InChI=1S/C13H13N5O/c19-13(15-6-8-18-9-7-16-17-18)11-2-1-3-12-10(11)4-5-14-12/h1-5,7,9,14H,6,8H2,(H,15,19). The van der Waals surface area contributed by atoms with E-state index < -0.39 is 0 Å². The number of aromatic amines is 1. The minimum Gasteiger partial charge on any atom is -0.361 e. The van der Waals surface area contributed by atoms with Crippen LogP contribution in [0, 0.1) is 0 Å². The van der Waals surface area contributed by atoms with Crippen LogP contribution in [0.4, 0.5) is 0 Å². The van der Waals surface area contributed by atoms with E-state index in [1.165, 1.54) is 0 Å².